The zero-order chi connectivity index (χ0) is 21.3. The van der Waals surface area contributed by atoms with Crippen LogP contribution in [0.3, 0.4) is 0 Å². The number of aliphatic hydroxyl groups excluding tert-OH is 1. The molecule has 2 aromatic rings. The lowest BCUT2D eigenvalue weighted by Gasteiger charge is -2.33. The van der Waals surface area contributed by atoms with Crippen LogP contribution in [0.2, 0.25) is 0 Å². The monoisotopic (exact) mass is 398 g/mol. The van der Waals surface area contributed by atoms with Crippen LogP contribution in [0.25, 0.3) is 0 Å². The van der Waals surface area contributed by atoms with Gasteiger partial charge in [-0.1, -0.05) is 17.7 Å². The summed E-state index contributed by atoms with van der Waals surface area (Å²) in [5.41, 5.74) is 5.18. The molecule has 156 valence electrons. The molecule has 2 aromatic carbocycles. The smallest absolute Gasteiger partial charge is 0.268 e. The zero-order valence-electron chi connectivity index (χ0n) is 17.7. The molecule has 3 rings (SSSR count). The Kier molecular flexibility index (Phi) is 5.87. The molecular weight excluding hydrogens is 368 g/mol. The number of carbonyl (C=O) groups is 1. The highest BCUT2D eigenvalue weighted by molar-refractivity contribution is 5.98. The molecule has 1 heterocycles. The van der Waals surface area contributed by atoms with Crippen LogP contribution in [-0.4, -0.2) is 40.4 Å². The summed E-state index contributed by atoms with van der Waals surface area (Å²) in [5.74, 6) is 0.0359. The van der Waals surface area contributed by atoms with Crippen LogP contribution in [-0.2, 0) is 11.2 Å². The van der Waals surface area contributed by atoms with Crippen molar-refractivity contribution in [2.75, 3.05) is 11.9 Å². The number of ether oxygens (including phenoxy) is 1. The Hall–Kier alpha value is -2.57. The average Bonchev–Trinajstić information content (AvgIpc) is 2.62. The largest absolute Gasteiger partial charge is 0.508 e. The molecule has 0 aliphatic carbocycles. The Morgan fingerprint density at radius 1 is 1.17 bits per heavy atom. The van der Waals surface area contributed by atoms with Gasteiger partial charge in [0.15, 0.2) is 0 Å². The van der Waals surface area contributed by atoms with Gasteiger partial charge >= 0.3 is 0 Å². The minimum absolute atomic E-state index is 0.0387. The summed E-state index contributed by atoms with van der Waals surface area (Å²) < 4.78 is 5.68. The van der Waals surface area contributed by atoms with E-state index in [0.29, 0.717) is 11.4 Å². The molecule has 0 saturated heterocycles. The van der Waals surface area contributed by atoms with Crippen LogP contribution >= 0.6 is 0 Å². The molecule has 1 aliphatic heterocycles. The summed E-state index contributed by atoms with van der Waals surface area (Å²) in [6.07, 6.45) is -1.23. The number of aliphatic hydroxyl groups is 1. The molecule has 6 heteroatoms. The van der Waals surface area contributed by atoms with E-state index >= 15 is 0 Å². The summed E-state index contributed by atoms with van der Waals surface area (Å²) >= 11 is 0. The molecule has 6 nitrogen and oxygen atoms in total. The standard InChI is InChI=1S/C23H30N2O4/c1-13-8-14(2)17(15(3)9-13)11-23(4,5)24-12-19(27)21-22(28)25-18-10-16(26)6-7-20(18)29-21/h6-10,19,21,24,26-27H,11-12H2,1-5H3,(H,25,28)/t19?,21-/m0/s1. The van der Waals surface area contributed by atoms with Crippen molar-refractivity contribution in [1.82, 2.24) is 5.32 Å². The maximum atomic E-state index is 12.3. The summed E-state index contributed by atoms with van der Waals surface area (Å²) in [6, 6.07) is 8.84. The molecule has 1 amide bonds. The maximum Gasteiger partial charge on any atom is 0.268 e. The zero-order valence-corrected chi connectivity index (χ0v) is 17.7. The van der Waals surface area contributed by atoms with Crippen molar-refractivity contribution in [3.63, 3.8) is 0 Å². The van der Waals surface area contributed by atoms with E-state index in [1.54, 1.807) is 6.07 Å². The lowest BCUT2D eigenvalue weighted by atomic mass is 9.88. The second-order valence-corrected chi connectivity index (χ2v) is 8.59. The number of anilines is 1. The van der Waals surface area contributed by atoms with Crippen LogP contribution in [0.15, 0.2) is 30.3 Å². The van der Waals surface area contributed by atoms with Gasteiger partial charge < -0.3 is 25.6 Å². The first-order chi connectivity index (χ1) is 13.6. The Morgan fingerprint density at radius 2 is 1.83 bits per heavy atom. The molecule has 4 N–H and O–H groups in total. The molecular formula is C23H30N2O4. The van der Waals surface area contributed by atoms with Crippen molar-refractivity contribution in [2.45, 2.75) is 58.8 Å². The van der Waals surface area contributed by atoms with Crippen LogP contribution in [0, 0.1) is 20.8 Å². The van der Waals surface area contributed by atoms with E-state index in [9.17, 15) is 15.0 Å². The van der Waals surface area contributed by atoms with Crippen molar-refractivity contribution in [3.8, 4) is 11.5 Å². The Balaban J connectivity index is 1.64. The van der Waals surface area contributed by atoms with E-state index in [0.717, 1.165) is 6.42 Å². The van der Waals surface area contributed by atoms with Crippen LogP contribution in [0.4, 0.5) is 5.69 Å². The van der Waals surface area contributed by atoms with E-state index in [2.05, 4.69) is 57.4 Å². The van der Waals surface area contributed by atoms with Gasteiger partial charge in [0.1, 0.15) is 17.6 Å². The predicted molar refractivity (Wildman–Crippen MR) is 114 cm³/mol. The Bertz CT molecular complexity index is 900. The number of β-amino-alcohol motifs (C(OH)–C–C–N with tert-alkyl or cyclic N) is 1. The normalized spacial score (nSPS) is 17.3. The number of carbonyl (C=O) groups excluding carboxylic acids is 1. The van der Waals surface area contributed by atoms with E-state index in [-0.39, 0.29) is 17.8 Å². The van der Waals surface area contributed by atoms with E-state index in [1.165, 1.54) is 34.4 Å². The molecule has 0 spiro atoms. The van der Waals surface area contributed by atoms with Gasteiger partial charge in [0.2, 0.25) is 6.10 Å². The first-order valence-electron chi connectivity index (χ1n) is 9.86. The number of fused-ring (bicyclic) bond motifs is 1. The third kappa shape index (κ3) is 4.89. The first kappa shape index (κ1) is 21.1. The molecule has 2 atom stereocenters. The SMILES string of the molecule is Cc1cc(C)c(CC(C)(C)NCC(O)[C@@H]2Oc3ccc(O)cc3NC2=O)c(C)c1. The first-order valence-corrected chi connectivity index (χ1v) is 9.86. The minimum atomic E-state index is -1.02. The third-order valence-electron chi connectivity index (χ3n) is 5.33. The molecule has 0 fully saturated rings. The highest BCUT2D eigenvalue weighted by atomic mass is 16.5. The highest BCUT2D eigenvalue weighted by Crippen LogP contribution is 2.33. The van der Waals surface area contributed by atoms with Crippen molar-refractivity contribution in [3.05, 3.63) is 52.6 Å². The van der Waals surface area contributed by atoms with Gasteiger partial charge in [0.25, 0.3) is 5.91 Å². The lowest BCUT2D eigenvalue weighted by Crippen LogP contribution is -2.53. The van der Waals surface area contributed by atoms with Gasteiger partial charge in [-0.25, -0.2) is 0 Å². The molecule has 29 heavy (non-hydrogen) atoms. The summed E-state index contributed by atoms with van der Waals surface area (Å²) in [4.78, 5) is 12.3. The number of nitrogens with one attached hydrogen (secondary N) is 2. The number of hydrogen-bond acceptors (Lipinski definition) is 5. The molecule has 1 unspecified atom stereocenters. The van der Waals surface area contributed by atoms with Crippen LogP contribution in [0.5, 0.6) is 11.5 Å². The summed E-state index contributed by atoms with van der Waals surface area (Å²) in [6.45, 7) is 10.7. The average molecular weight is 399 g/mol. The number of phenolic OH excluding ortho intramolecular Hbond substituents is 1. The van der Waals surface area contributed by atoms with Gasteiger partial charge in [-0.2, -0.15) is 0 Å². The topological polar surface area (TPSA) is 90.8 Å². The second-order valence-electron chi connectivity index (χ2n) is 8.59. The summed E-state index contributed by atoms with van der Waals surface area (Å²) in [5, 5.41) is 26.2. The third-order valence-corrected chi connectivity index (χ3v) is 5.33. The van der Waals surface area contributed by atoms with Crippen LogP contribution < -0.4 is 15.4 Å². The van der Waals surface area contributed by atoms with E-state index in [4.69, 9.17) is 4.74 Å². The molecule has 0 bridgehead atoms. The van der Waals surface area contributed by atoms with Crippen molar-refractivity contribution in [2.24, 2.45) is 0 Å². The van der Waals surface area contributed by atoms with Gasteiger partial charge in [-0.3, -0.25) is 4.79 Å². The van der Waals surface area contributed by atoms with Gasteiger partial charge in [-0.05, 0) is 69.9 Å². The number of amides is 1. The minimum Gasteiger partial charge on any atom is -0.508 e. The van der Waals surface area contributed by atoms with Crippen molar-refractivity contribution < 1.29 is 19.7 Å². The fourth-order valence-electron chi connectivity index (χ4n) is 3.85. The number of phenols is 1. The second kappa shape index (κ2) is 8.05. The number of rotatable bonds is 6. The van der Waals surface area contributed by atoms with Crippen molar-refractivity contribution >= 4 is 11.6 Å². The van der Waals surface area contributed by atoms with Gasteiger partial charge in [0.05, 0.1) is 5.69 Å². The fourth-order valence-corrected chi connectivity index (χ4v) is 3.85. The van der Waals surface area contributed by atoms with Crippen molar-refractivity contribution in [1.29, 1.82) is 0 Å². The maximum absolute atomic E-state index is 12.3. The highest BCUT2D eigenvalue weighted by Gasteiger charge is 2.35. The predicted octanol–water partition coefficient (Wildman–Crippen LogP) is 2.99. The lowest BCUT2D eigenvalue weighted by molar-refractivity contribution is -0.128. The Labute approximate surface area is 171 Å². The summed E-state index contributed by atoms with van der Waals surface area (Å²) in [7, 11) is 0. The Morgan fingerprint density at radius 3 is 2.48 bits per heavy atom. The quantitative estimate of drug-likeness (QED) is 0.601. The number of aryl methyl sites for hydroxylation is 3. The number of hydrogen-bond donors (Lipinski definition) is 4. The van der Waals surface area contributed by atoms with Gasteiger partial charge in [-0.15, -0.1) is 0 Å². The van der Waals surface area contributed by atoms with E-state index < -0.39 is 18.1 Å². The molecule has 1 aliphatic rings. The van der Waals surface area contributed by atoms with E-state index in [1.807, 2.05) is 0 Å². The van der Waals surface area contributed by atoms with Gasteiger partial charge in [0, 0.05) is 18.2 Å². The molecule has 0 saturated carbocycles. The fraction of sp³-hybridized carbons (Fsp3) is 0.435. The molecule has 0 aromatic heterocycles. The molecule has 0 radical (unpaired) electrons. The number of aromatic hydroxyl groups is 1. The number of benzene rings is 2. The van der Waals surface area contributed by atoms with Crippen LogP contribution in [0.1, 0.15) is 36.1 Å².